The molecule has 0 atom stereocenters. The molecule has 0 aliphatic rings. The first kappa shape index (κ1) is 14.8. The quantitative estimate of drug-likeness (QED) is 0.725. The topological polar surface area (TPSA) is 95.1 Å². The van der Waals surface area contributed by atoms with Crippen molar-refractivity contribution in [3.8, 4) is 5.75 Å². The van der Waals surface area contributed by atoms with Gasteiger partial charge in [0.05, 0.1) is 13.0 Å². The Balaban J connectivity index is 1.61. The summed E-state index contributed by atoms with van der Waals surface area (Å²) in [4.78, 5) is 15.7. The minimum Gasteiger partial charge on any atom is -0.493 e. The lowest BCUT2D eigenvalue weighted by Crippen LogP contribution is -2.27. The Morgan fingerprint density at radius 1 is 1.48 bits per heavy atom. The van der Waals surface area contributed by atoms with E-state index in [2.05, 4.69) is 15.4 Å². The third-order valence-electron chi connectivity index (χ3n) is 2.77. The van der Waals surface area contributed by atoms with Gasteiger partial charge in [-0.15, -0.1) is 0 Å². The lowest BCUT2D eigenvalue weighted by molar-refractivity contribution is -0.121. The predicted octanol–water partition coefficient (Wildman–Crippen LogP) is 0.525. The Bertz CT molecular complexity index is 597. The number of anilines is 1. The molecule has 0 saturated heterocycles. The first-order valence-electron chi connectivity index (χ1n) is 6.73. The number of ether oxygens (including phenoxy) is 1. The molecule has 1 amide bonds. The Labute approximate surface area is 123 Å². The second-order valence-corrected chi connectivity index (χ2v) is 4.61. The summed E-state index contributed by atoms with van der Waals surface area (Å²) in [7, 11) is 1.81. The highest BCUT2D eigenvalue weighted by Crippen LogP contribution is 2.14. The average Bonchev–Trinajstić information content (AvgIpc) is 2.84. The second kappa shape index (κ2) is 7.28. The molecule has 0 saturated carbocycles. The number of nitrogens with zero attached hydrogens (tertiary/aromatic N) is 3. The van der Waals surface area contributed by atoms with Gasteiger partial charge in [0.25, 0.3) is 0 Å². The van der Waals surface area contributed by atoms with E-state index < -0.39 is 0 Å². The lowest BCUT2D eigenvalue weighted by Gasteiger charge is -2.07. The molecule has 7 nitrogen and oxygen atoms in total. The zero-order valence-electron chi connectivity index (χ0n) is 12.0. The predicted molar refractivity (Wildman–Crippen MR) is 78.7 cm³/mol. The van der Waals surface area contributed by atoms with Gasteiger partial charge >= 0.3 is 0 Å². The van der Waals surface area contributed by atoms with Crippen LogP contribution in [-0.4, -0.2) is 33.8 Å². The lowest BCUT2D eigenvalue weighted by atomic mass is 10.3. The molecule has 0 spiro atoms. The minimum atomic E-state index is -0.0603. The zero-order valence-corrected chi connectivity index (χ0v) is 12.0. The highest BCUT2D eigenvalue weighted by Gasteiger charge is 2.03. The van der Waals surface area contributed by atoms with E-state index in [0.717, 1.165) is 0 Å². The van der Waals surface area contributed by atoms with Gasteiger partial charge in [0.15, 0.2) is 5.82 Å². The van der Waals surface area contributed by atoms with E-state index in [1.165, 1.54) is 0 Å². The molecule has 0 aliphatic carbocycles. The first-order chi connectivity index (χ1) is 10.1. The van der Waals surface area contributed by atoms with E-state index in [9.17, 15) is 4.79 Å². The summed E-state index contributed by atoms with van der Waals surface area (Å²) in [5.41, 5.74) is 6.28. The van der Waals surface area contributed by atoms with Crippen LogP contribution in [0.3, 0.4) is 0 Å². The number of amides is 1. The molecule has 7 heteroatoms. The minimum absolute atomic E-state index is 0.0603. The molecule has 2 rings (SSSR count). The molecular weight excluding hydrogens is 270 g/mol. The Kier molecular flexibility index (Phi) is 5.14. The number of hydrogen-bond acceptors (Lipinski definition) is 5. The molecular formula is C14H19N5O2. The fraction of sp³-hybridized carbons (Fsp3) is 0.357. The van der Waals surface area contributed by atoms with Gasteiger partial charge in [-0.05, 0) is 12.1 Å². The van der Waals surface area contributed by atoms with E-state index in [-0.39, 0.29) is 5.91 Å². The second-order valence-electron chi connectivity index (χ2n) is 4.61. The fourth-order valence-electron chi connectivity index (χ4n) is 1.77. The van der Waals surface area contributed by atoms with Crippen molar-refractivity contribution in [2.75, 3.05) is 18.9 Å². The molecule has 0 unspecified atom stereocenters. The van der Waals surface area contributed by atoms with Crippen LogP contribution in [0.25, 0.3) is 0 Å². The molecule has 1 aromatic carbocycles. The zero-order chi connectivity index (χ0) is 15.1. The van der Waals surface area contributed by atoms with E-state index in [0.29, 0.717) is 43.3 Å². The molecule has 0 fully saturated rings. The summed E-state index contributed by atoms with van der Waals surface area (Å²) in [6.07, 6.45) is 2.55. The highest BCUT2D eigenvalue weighted by atomic mass is 16.5. The maximum Gasteiger partial charge on any atom is 0.223 e. The molecule has 2 aromatic rings. The number of carbonyl (C=O) groups is 1. The van der Waals surface area contributed by atoms with Crippen molar-refractivity contribution < 1.29 is 9.53 Å². The number of nitrogens with two attached hydrogens (primary N) is 1. The van der Waals surface area contributed by atoms with Crippen molar-refractivity contribution in [1.29, 1.82) is 0 Å². The number of benzene rings is 1. The number of aromatic nitrogens is 3. The van der Waals surface area contributed by atoms with Crippen LogP contribution in [0.5, 0.6) is 5.75 Å². The van der Waals surface area contributed by atoms with Crippen LogP contribution in [0.4, 0.5) is 5.69 Å². The standard InChI is InChI=1S/C14H19N5O2/c1-19-10-17-13(18-19)5-7-16-14(20)6-8-21-12-4-2-3-11(15)9-12/h2-4,9-10H,5-8,15H2,1H3,(H,16,20). The van der Waals surface area contributed by atoms with Gasteiger partial charge in [-0.1, -0.05) is 6.07 Å². The number of nitrogen functional groups attached to an aromatic ring is 1. The largest absolute Gasteiger partial charge is 0.493 e. The van der Waals surface area contributed by atoms with Crippen molar-refractivity contribution >= 4 is 11.6 Å². The SMILES string of the molecule is Cn1cnc(CCNC(=O)CCOc2cccc(N)c2)n1. The first-order valence-corrected chi connectivity index (χ1v) is 6.73. The summed E-state index contributed by atoms with van der Waals surface area (Å²) in [6.45, 7) is 0.832. The highest BCUT2D eigenvalue weighted by molar-refractivity contribution is 5.75. The molecule has 1 aromatic heterocycles. The van der Waals surface area contributed by atoms with Crippen LogP contribution in [0.15, 0.2) is 30.6 Å². The van der Waals surface area contributed by atoms with Gasteiger partial charge in [0.2, 0.25) is 5.91 Å². The monoisotopic (exact) mass is 289 g/mol. The molecule has 1 heterocycles. The van der Waals surface area contributed by atoms with Gasteiger partial charge in [-0.25, -0.2) is 4.98 Å². The normalized spacial score (nSPS) is 10.3. The maximum atomic E-state index is 11.6. The summed E-state index contributed by atoms with van der Waals surface area (Å²) in [5, 5.41) is 6.94. The van der Waals surface area contributed by atoms with Crippen LogP contribution >= 0.6 is 0 Å². The molecule has 0 radical (unpaired) electrons. The molecule has 0 aliphatic heterocycles. The smallest absolute Gasteiger partial charge is 0.223 e. The summed E-state index contributed by atoms with van der Waals surface area (Å²) >= 11 is 0. The van der Waals surface area contributed by atoms with E-state index >= 15 is 0 Å². The van der Waals surface area contributed by atoms with Gasteiger partial charge < -0.3 is 15.8 Å². The number of hydrogen-bond donors (Lipinski definition) is 2. The molecule has 112 valence electrons. The molecule has 21 heavy (non-hydrogen) atoms. The number of rotatable bonds is 7. The van der Waals surface area contributed by atoms with E-state index in [1.807, 2.05) is 13.1 Å². The third kappa shape index (κ3) is 5.13. The van der Waals surface area contributed by atoms with Gasteiger partial charge in [0, 0.05) is 31.8 Å². The number of nitrogens with one attached hydrogen (secondary N) is 1. The summed E-state index contributed by atoms with van der Waals surface area (Å²) < 4.78 is 7.09. The van der Waals surface area contributed by atoms with Crippen molar-refractivity contribution in [1.82, 2.24) is 20.1 Å². The van der Waals surface area contributed by atoms with Crippen molar-refractivity contribution in [3.63, 3.8) is 0 Å². The number of carbonyl (C=O) groups excluding carboxylic acids is 1. The van der Waals surface area contributed by atoms with Crippen LogP contribution in [0.2, 0.25) is 0 Å². The Morgan fingerprint density at radius 2 is 2.33 bits per heavy atom. The van der Waals surface area contributed by atoms with E-state index in [4.69, 9.17) is 10.5 Å². The van der Waals surface area contributed by atoms with Crippen LogP contribution in [-0.2, 0) is 18.3 Å². The van der Waals surface area contributed by atoms with Gasteiger partial charge in [0.1, 0.15) is 12.1 Å². The van der Waals surface area contributed by atoms with Gasteiger partial charge in [-0.2, -0.15) is 5.10 Å². The van der Waals surface area contributed by atoms with Crippen molar-refractivity contribution in [3.05, 3.63) is 36.4 Å². The van der Waals surface area contributed by atoms with Crippen LogP contribution < -0.4 is 15.8 Å². The summed E-state index contributed by atoms with van der Waals surface area (Å²) in [5.74, 6) is 1.32. The third-order valence-corrected chi connectivity index (χ3v) is 2.77. The summed E-state index contributed by atoms with van der Waals surface area (Å²) in [6, 6.07) is 7.13. The Hall–Kier alpha value is -2.57. The Morgan fingerprint density at radius 3 is 3.05 bits per heavy atom. The molecule has 3 N–H and O–H groups in total. The van der Waals surface area contributed by atoms with Crippen LogP contribution in [0, 0.1) is 0 Å². The van der Waals surface area contributed by atoms with Gasteiger partial charge in [-0.3, -0.25) is 9.48 Å². The van der Waals surface area contributed by atoms with E-state index in [1.54, 1.807) is 29.2 Å². The molecule has 0 bridgehead atoms. The number of aryl methyl sites for hydroxylation is 1. The van der Waals surface area contributed by atoms with Crippen molar-refractivity contribution in [2.24, 2.45) is 7.05 Å². The maximum absolute atomic E-state index is 11.6. The van der Waals surface area contributed by atoms with Crippen LogP contribution in [0.1, 0.15) is 12.2 Å². The fourth-order valence-corrected chi connectivity index (χ4v) is 1.77. The average molecular weight is 289 g/mol. The van der Waals surface area contributed by atoms with Crippen molar-refractivity contribution in [2.45, 2.75) is 12.8 Å².